The summed E-state index contributed by atoms with van der Waals surface area (Å²) < 4.78 is 6.07. The normalized spacial score (nSPS) is 14.0. The number of nitrogens with one attached hydrogen (secondary N) is 2. The van der Waals surface area contributed by atoms with E-state index in [2.05, 4.69) is 73.7 Å². The Morgan fingerprint density at radius 2 is 1.85 bits per heavy atom. The summed E-state index contributed by atoms with van der Waals surface area (Å²) >= 11 is 1.95. The maximum Gasteiger partial charge on any atom is 0.135 e. The van der Waals surface area contributed by atoms with E-state index in [1.807, 2.05) is 43.9 Å². The molecule has 1 aliphatic carbocycles. The zero-order chi connectivity index (χ0) is 32.9. The van der Waals surface area contributed by atoms with Gasteiger partial charge in [0.1, 0.15) is 17.4 Å². The molecular formula is C39H53N5OS. The highest BCUT2D eigenvalue weighted by molar-refractivity contribution is 8.06. The van der Waals surface area contributed by atoms with Crippen LogP contribution in [0.1, 0.15) is 110 Å². The zero-order valence-corrected chi connectivity index (χ0v) is 29.6. The summed E-state index contributed by atoms with van der Waals surface area (Å²) in [4.78, 5) is 10.5. The molecule has 1 fully saturated rings. The molecule has 46 heavy (non-hydrogen) atoms. The van der Waals surface area contributed by atoms with E-state index in [1.54, 1.807) is 6.20 Å². The van der Waals surface area contributed by atoms with Crippen molar-refractivity contribution in [3.8, 4) is 16.9 Å². The lowest BCUT2D eigenvalue weighted by Crippen LogP contribution is -2.11. The number of aromatic nitrogens is 2. The molecule has 0 unspecified atom stereocenters. The van der Waals surface area contributed by atoms with Crippen LogP contribution in [0, 0.1) is 0 Å². The number of rotatable bonds is 15. The highest BCUT2D eigenvalue weighted by Gasteiger charge is 2.23. The number of hydrogen-bond donors (Lipinski definition) is 3. The summed E-state index contributed by atoms with van der Waals surface area (Å²) in [5.74, 6) is 2.26. The minimum Gasteiger partial charge on any atom is -0.492 e. The third kappa shape index (κ3) is 9.41. The molecule has 1 aromatic carbocycles. The number of anilines is 2. The number of thioether (sulfide) groups is 1. The van der Waals surface area contributed by atoms with Gasteiger partial charge in [-0.1, -0.05) is 89.1 Å². The predicted octanol–water partition coefficient (Wildman–Crippen LogP) is 10.6. The van der Waals surface area contributed by atoms with Crippen LogP contribution < -0.4 is 21.1 Å². The van der Waals surface area contributed by atoms with Crippen molar-refractivity contribution in [2.75, 3.05) is 17.7 Å². The molecule has 7 heteroatoms. The summed E-state index contributed by atoms with van der Waals surface area (Å²) in [7, 11) is 0. The molecule has 2 aliphatic rings. The number of nitrogen functional groups attached to an aromatic ring is 1. The zero-order valence-electron chi connectivity index (χ0n) is 28.8. The summed E-state index contributed by atoms with van der Waals surface area (Å²) in [5.41, 5.74) is 15.8. The van der Waals surface area contributed by atoms with Crippen LogP contribution in [0.2, 0.25) is 0 Å². The molecule has 3 aromatic rings. The molecule has 5 rings (SSSR count). The van der Waals surface area contributed by atoms with Gasteiger partial charge in [0.05, 0.1) is 11.6 Å². The van der Waals surface area contributed by atoms with Crippen molar-refractivity contribution in [1.29, 1.82) is 0 Å². The molecule has 0 radical (unpaired) electrons. The first-order chi connectivity index (χ1) is 22.5. The molecule has 1 aliphatic heterocycles. The Morgan fingerprint density at radius 3 is 2.57 bits per heavy atom. The topological polar surface area (TPSA) is 85.1 Å². The molecule has 0 spiro atoms. The number of unbranched alkanes of at least 4 members (excludes halogenated alkanes) is 1. The summed E-state index contributed by atoms with van der Waals surface area (Å²) in [6, 6.07) is 12.7. The minimum atomic E-state index is 0.488. The van der Waals surface area contributed by atoms with Crippen molar-refractivity contribution < 1.29 is 4.74 Å². The van der Waals surface area contributed by atoms with Crippen molar-refractivity contribution in [3.63, 3.8) is 0 Å². The molecule has 1 saturated carbocycles. The van der Waals surface area contributed by atoms with Gasteiger partial charge in [-0.05, 0) is 90.8 Å². The number of pyridine rings is 2. The van der Waals surface area contributed by atoms with Gasteiger partial charge in [-0.3, -0.25) is 0 Å². The predicted molar refractivity (Wildman–Crippen MR) is 199 cm³/mol. The van der Waals surface area contributed by atoms with Crippen LogP contribution in [0.4, 0.5) is 11.6 Å². The molecular weight excluding hydrogens is 587 g/mol. The average molecular weight is 640 g/mol. The summed E-state index contributed by atoms with van der Waals surface area (Å²) in [5, 5.41) is 8.76. The van der Waals surface area contributed by atoms with Crippen molar-refractivity contribution in [2.45, 2.75) is 106 Å². The average Bonchev–Trinajstić information content (AvgIpc) is 3.80. The van der Waals surface area contributed by atoms with Crippen LogP contribution in [0.5, 0.6) is 5.75 Å². The summed E-state index contributed by atoms with van der Waals surface area (Å²) in [6.45, 7) is 14.4. The van der Waals surface area contributed by atoms with Crippen LogP contribution in [0.15, 0.2) is 75.9 Å². The van der Waals surface area contributed by atoms with Crippen LogP contribution >= 0.6 is 11.8 Å². The van der Waals surface area contributed by atoms with Crippen molar-refractivity contribution in [2.24, 2.45) is 0 Å². The Hall–Kier alpha value is -3.71. The standard InChI is InChI=1S/C37H47N5OS.C2H6/c1-5-8-14-32(25(4)10-6-2)44-34(11-7-3)42-35(27-15-16-27)29-13-9-12-26(21-29)23-40-37-30-18-20-43-36(30)31(24-41-37)28-17-19-39-33(38)22-28;1-2/h9,11-13,17,19,21-22,24,42H,5-8,10,14-16,18,20,23H2,1-4H3,(H2,38,39)(H,40,41);1-2H3/b32-25+,34-11?;. The monoisotopic (exact) mass is 639 g/mol. The number of fused-ring (bicyclic) bond motifs is 1. The molecule has 3 heterocycles. The number of hydrogen-bond acceptors (Lipinski definition) is 7. The Bertz CT molecular complexity index is 1550. The first kappa shape index (κ1) is 35.1. The van der Waals surface area contributed by atoms with Crippen molar-refractivity contribution in [1.82, 2.24) is 15.3 Å². The molecule has 0 atom stereocenters. The molecule has 0 saturated heterocycles. The SMILES string of the molecule is CC.CCC=C(NC(=C1CC1)c1cccc(CNc2ncc(-c3ccnc(N)c3)c3c2CCO3)c1)S/C(CCCC)=C(\C)CCC. The van der Waals surface area contributed by atoms with Crippen LogP contribution in [-0.2, 0) is 13.0 Å². The maximum absolute atomic E-state index is 6.07. The number of allylic oxidation sites excluding steroid dienone is 4. The number of nitrogens with two attached hydrogens (primary N) is 1. The van der Waals surface area contributed by atoms with E-state index in [0.29, 0.717) is 19.0 Å². The van der Waals surface area contributed by atoms with Crippen LogP contribution in [-0.4, -0.2) is 16.6 Å². The highest BCUT2D eigenvalue weighted by Crippen LogP contribution is 2.41. The fourth-order valence-electron chi connectivity index (χ4n) is 5.62. The molecule has 4 N–H and O–H groups in total. The largest absolute Gasteiger partial charge is 0.492 e. The molecule has 0 bridgehead atoms. The number of ether oxygens (including phenoxy) is 1. The van der Waals surface area contributed by atoms with Gasteiger partial charge in [0.2, 0.25) is 0 Å². The van der Waals surface area contributed by atoms with E-state index in [1.165, 1.54) is 63.6 Å². The Balaban J connectivity index is 0.00000235. The molecule has 2 aromatic heterocycles. The third-order valence-electron chi connectivity index (χ3n) is 8.08. The first-order valence-electron chi connectivity index (χ1n) is 17.3. The van der Waals surface area contributed by atoms with Gasteiger partial charge in [0, 0.05) is 42.2 Å². The van der Waals surface area contributed by atoms with Gasteiger partial charge < -0.3 is 21.1 Å². The lowest BCUT2D eigenvalue weighted by Gasteiger charge is -2.19. The van der Waals surface area contributed by atoms with Crippen LogP contribution in [0.25, 0.3) is 16.8 Å². The van der Waals surface area contributed by atoms with Crippen molar-refractivity contribution in [3.05, 3.63) is 92.6 Å². The van der Waals surface area contributed by atoms with E-state index in [-0.39, 0.29) is 0 Å². The Labute approximate surface area is 281 Å². The van der Waals surface area contributed by atoms with Gasteiger partial charge in [-0.15, -0.1) is 0 Å². The van der Waals surface area contributed by atoms with E-state index in [4.69, 9.17) is 15.5 Å². The number of nitrogens with zero attached hydrogens (tertiary/aromatic N) is 2. The van der Waals surface area contributed by atoms with E-state index >= 15 is 0 Å². The lowest BCUT2D eigenvalue weighted by atomic mass is 10.0. The highest BCUT2D eigenvalue weighted by atomic mass is 32.2. The van der Waals surface area contributed by atoms with Gasteiger partial charge in [0.25, 0.3) is 0 Å². The van der Waals surface area contributed by atoms with Gasteiger partial charge >= 0.3 is 0 Å². The van der Waals surface area contributed by atoms with Gasteiger partial charge in [-0.25, -0.2) is 9.97 Å². The van der Waals surface area contributed by atoms with E-state index < -0.39 is 0 Å². The lowest BCUT2D eigenvalue weighted by molar-refractivity contribution is 0.358. The fraction of sp³-hybridized carbons (Fsp3) is 0.436. The molecule has 0 amide bonds. The van der Waals surface area contributed by atoms with Gasteiger partial charge in [0.15, 0.2) is 0 Å². The van der Waals surface area contributed by atoms with E-state index in [9.17, 15) is 0 Å². The number of benzene rings is 1. The summed E-state index contributed by atoms with van der Waals surface area (Å²) in [6.07, 6.45) is 16.1. The smallest absolute Gasteiger partial charge is 0.135 e. The fourth-order valence-corrected chi connectivity index (χ4v) is 6.82. The van der Waals surface area contributed by atoms with Crippen LogP contribution in [0.3, 0.4) is 0 Å². The second kappa shape index (κ2) is 17.8. The Kier molecular flexibility index (Phi) is 13.6. The molecule has 6 nitrogen and oxygen atoms in total. The molecule has 246 valence electrons. The first-order valence-corrected chi connectivity index (χ1v) is 18.1. The Morgan fingerprint density at radius 1 is 1.02 bits per heavy atom. The quantitative estimate of drug-likeness (QED) is 0.153. The third-order valence-corrected chi connectivity index (χ3v) is 9.36. The van der Waals surface area contributed by atoms with Gasteiger partial charge in [-0.2, -0.15) is 0 Å². The second-order valence-electron chi connectivity index (χ2n) is 11.7. The second-order valence-corrected chi connectivity index (χ2v) is 12.8. The van der Waals surface area contributed by atoms with Crippen molar-refractivity contribution >= 4 is 29.1 Å². The van der Waals surface area contributed by atoms with E-state index in [0.717, 1.165) is 60.4 Å². The minimum absolute atomic E-state index is 0.488. The maximum atomic E-state index is 6.07.